The maximum atomic E-state index is 3.67. The Bertz CT molecular complexity index is 234. The van der Waals surface area contributed by atoms with Crippen LogP contribution in [0.4, 0.5) is 0 Å². The zero-order valence-electron chi connectivity index (χ0n) is 16.8. The third-order valence-electron chi connectivity index (χ3n) is 5.35. The SMILES string of the molecule is CCCCCCCCCCCCCCCNCC1CCNCC1.Cl.Cl. The summed E-state index contributed by atoms with van der Waals surface area (Å²) in [6, 6.07) is 0. The Morgan fingerprint density at radius 1 is 0.680 bits per heavy atom. The lowest BCUT2D eigenvalue weighted by Gasteiger charge is -2.22. The molecule has 154 valence electrons. The molecule has 0 saturated carbocycles. The second-order valence-corrected chi connectivity index (χ2v) is 7.64. The highest BCUT2D eigenvalue weighted by atomic mass is 35.5. The first-order valence-corrected chi connectivity index (χ1v) is 10.8. The van der Waals surface area contributed by atoms with Crippen molar-refractivity contribution in [3.8, 4) is 0 Å². The normalized spacial score (nSPS) is 14.8. The van der Waals surface area contributed by atoms with Gasteiger partial charge in [0.1, 0.15) is 0 Å². The average Bonchev–Trinajstić information content (AvgIpc) is 2.59. The van der Waals surface area contributed by atoms with Crippen molar-refractivity contribution in [2.45, 2.75) is 103 Å². The number of rotatable bonds is 16. The van der Waals surface area contributed by atoms with E-state index in [4.69, 9.17) is 0 Å². The van der Waals surface area contributed by atoms with Gasteiger partial charge in [0.25, 0.3) is 0 Å². The number of halogens is 2. The standard InChI is InChI=1S/C21H44N2.2ClH/c1-2-3-4-5-6-7-8-9-10-11-12-13-14-17-23-20-21-15-18-22-19-16-21;;/h21-23H,2-20H2,1H3;2*1H. The molecule has 0 atom stereocenters. The number of piperidine rings is 1. The highest BCUT2D eigenvalue weighted by molar-refractivity contribution is 5.85. The van der Waals surface area contributed by atoms with Gasteiger partial charge in [-0.2, -0.15) is 0 Å². The zero-order valence-corrected chi connectivity index (χ0v) is 18.5. The molecule has 1 saturated heterocycles. The summed E-state index contributed by atoms with van der Waals surface area (Å²) in [5.41, 5.74) is 0. The molecule has 1 aliphatic rings. The lowest BCUT2D eigenvalue weighted by atomic mass is 9.98. The maximum Gasteiger partial charge on any atom is -0.00196 e. The quantitative estimate of drug-likeness (QED) is 0.290. The molecule has 0 aromatic heterocycles. The largest absolute Gasteiger partial charge is 0.317 e. The Morgan fingerprint density at radius 3 is 1.60 bits per heavy atom. The molecular weight excluding hydrogens is 351 g/mol. The topological polar surface area (TPSA) is 24.1 Å². The Kier molecular flexibility index (Phi) is 25.0. The molecule has 0 radical (unpaired) electrons. The third-order valence-corrected chi connectivity index (χ3v) is 5.35. The maximum absolute atomic E-state index is 3.67. The van der Waals surface area contributed by atoms with Crippen LogP contribution in [0.3, 0.4) is 0 Å². The van der Waals surface area contributed by atoms with E-state index < -0.39 is 0 Å². The highest BCUT2D eigenvalue weighted by Crippen LogP contribution is 2.12. The molecule has 1 rings (SSSR count). The van der Waals surface area contributed by atoms with Crippen LogP contribution in [0.5, 0.6) is 0 Å². The van der Waals surface area contributed by atoms with Crippen molar-refractivity contribution in [2.75, 3.05) is 26.2 Å². The van der Waals surface area contributed by atoms with E-state index in [9.17, 15) is 0 Å². The smallest absolute Gasteiger partial charge is 0.00196 e. The van der Waals surface area contributed by atoms with Gasteiger partial charge in [0.2, 0.25) is 0 Å². The fraction of sp³-hybridized carbons (Fsp3) is 1.00. The van der Waals surface area contributed by atoms with Crippen LogP contribution in [0.1, 0.15) is 103 Å². The number of hydrogen-bond donors (Lipinski definition) is 2. The fourth-order valence-electron chi connectivity index (χ4n) is 3.66. The summed E-state index contributed by atoms with van der Waals surface area (Å²) in [5.74, 6) is 0.929. The van der Waals surface area contributed by atoms with E-state index in [-0.39, 0.29) is 24.8 Å². The minimum atomic E-state index is 0. The van der Waals surface area contributed by atoms with Crippen LogP contribution < -0.4 is 10.6 Å². The molecule has 1 heterocycles. The molecule has 0 bridgehead atoms. The van der Waals surface area contributed by atoms with E-state index in [0.717, 1.165) is 5.92 Å². The predicted molar refractivity (Wildman–Crippen MR) is 119 cm³/mol. The molecule has 2 N–H and O–H groups in total. The van der Waals surface area contributed by atoms with Crippen molar-refractivity contribution in [2.24, 2.45) is 5.92 Å². The number of hydrogen-bond acceptors (Lipinski definition) is 2. The average molecular weight is 398 g/mol. The van der Waals surface area contributed by atoms with Gasteiger partial charge < -0.3 is 10.6 Å². The van der Waals surface area contributed by atoms with Crippen molar-refractivity contribution in [1.82, 2.24) is 10.6 Å². The molecule has 0 aliphatic carbocycles. The Hall–Kier alpha value is 0.500. The van der Waals surface area contributed by atoms with E-state index in [1.54, 1.807) is 0 Å². The van der Waals surface area contributed by atoms with Gasteiger partial charge >= 0.3 is 0 Å². The van der Waals surface area contributed by atoms with Crippen molar-refractivity contribution in [3.63, 3.8) is 0 Å². The number of nitrogens with one attached hydrogen (secondary N) is 2. The van der Waals surface area contributed by atoms with Crippen LogP contribution in [0.15, 0.2) is 0 Å². The molecule has 4 heteroatoms. The summed E-state index contributed by atoms with van der Waals surface area (Å²) in [6.45, 7) is 7.24. The molecule has 1 aliphatic heterocycles. The molecule has 0 spiro atoms. The molecule has 0 aromatic carbocycles. The van der Waals surface area contributed by atoms with Crippen LogP contribution in [0.2, 0.25) is 0 Å². The Balaban J connectivity index is 0. The molecule has 1 fully saturated rings. The fourth-order valence-corrected chi connectivity index (χ4v) is 3.66. The van der Waals surface area contributed by atoms with E-state index in [0.29, 0.717) is 0 Å². The molecule has 2 nitrogen and oxygen atoms in total. The Morgan fingerprint density at radius 2 is 1.12 bits per heavy atom. The molecular formula is C21H46Cl2N2. The Labute approximate surface area is 170 Å². The van der Waals surface area contributed by atoms with Gasteiger partial charge in [0.05, 0.1) is 0 Å². The van der Waals surface area contributed by atoms with Crippen molar-refractivity contribution >= 4 is 24.8 Å². The molecule has 0 unspecified atom stereocenters. The first-order chi connectivity index (χ1) is 11.4. The van der Waals surface area contributed by atoms with E-state index in [1.165, 1.54) is 122 Å². The van der Waals surface area contributed by atoms with E-state index in [1.807, 2.05) is 0 Å². The van der Waals surface area contributed by atoms with Gasteiger partial charge in [-0.1, -0.05) is 84.0 Å². The molecule has 0 amide bonds. The van der Waals surface area contributed by atoms with E-state index in [2.05, 4.69) is 17.6 Å². The van der Waals surface area contributed by atoms with Crippen LogP contribution in [0, 0.1) is 5.92 Å². The second kappa shape index (κ2) is 22.5. The molecule has 0 aromatic rings. The van der Waals surface area contributed by atoms with Gasteiger partial charge in [-0.05, 0) is 51.4 Å². The second-order valence-electron chi connectivity index (χ2n) is 7.64. The first kappa shape index (κ1) is 27.7. The van der Waals surface area contributed by atoms with Crippen molar-refractivity contribution in [3.05, 3.63) is 0 Å². The van der Waals surface area contributed by atoms with Gasteiger partial charge in [0, 0.05) is 0 Å². The number of unbranched alkanes of at least 4 members (excludes halogenated alkanes) is 12. The minimum Gasteiger partial charge on any atom is -0.317 e. The zero-order chi connectivity index (χ0) is 16.4. The summed E-state index contributed by atoms with van der Waals surface area (Å²) < 4.78 is 0. The van der Waals surface area contributed by atoms with Gasteiger partial charge in [0.15, 0.2) is 0 Å². The van der Waals surface area contributed by atoms with Crippen LogP contribution >= 0.6 is 24.8 Å². The van der Waals surface area contributed by atoms with Gasteiger partial charge in [-0.3, -0.25) is 0 Å². The van der Waals surface area contributed by atoms with E-state index >= 15 is 0 Å². The first-order valence-electron chi connectivity index (χ1n) is 10.8. The summed E-state index contributed by atoms with van der Waals surface area (Å²) in [5, 5.41) is 7.11. The van der Waals surface area contributed by atoms with Crippen LogP contribution in [-0.2, 0) is 0 Å². The molecule has 25 heavy (non-hydrogen) atoms. The van der Waals surface area contributed by atoms with Crippen LogP contribution in [0.25, 0.3) is 0 Å². The lowest BCUT2D eigenvalue weighted by molar-refractivity contribution is 0.355. The summed E-state index contributed by atoms with van der Waals surface area (Å²) in [7, 11) is 0. The van der Waals surface area contributed by atoms with Crippen molar-refractivity contribution in [1.29, 1.82) is 0 Å². The summed E-state index contributed by atoms with van der Waals surface area (Å²) >= 11 is 0. The third kappa shape index (κ3) is 19.1. The minimum absolute atomic E-state index is 0. The predicted octanol–water partition coefficient (Wildman–Crippen LogP) is 6.51. The van der Waals surface area contributed by atoms with Gasteiger partial charge in [-0.15, -0.1) is 24.8 Å². The van der Waals surface area contributed by atoms with Crippen molar-refractivity contribution < 1.29 is 0 Å². The summed E-state index contributed by atoms with van der Waals surface area (Å²) in [4.78, 5) is 0. The monoisotopic (exact) mass is 396 g/mol. The lowest BCUT2D eigenvalue weighted by Crippen LogP contribution is -2.33. The van der Waals surface area contributed by atoms with Gasteiger partial charge in [-0.25, -0.2) is 0 Å². The summed E-state index contributed by atoms with van der Waals surface area (Å²) in [6.07, 6.45) is 21.6. The van der Waals surface area contributed by atoms with Crippen LogP contribution in [-0.4, -0.2) is 26.2 Å². The highest BCUT2D eigenvalue weighted by Gasteiger charge is 2.11.